The number of nitrogens with one attached hydrogen (secondary N) is 2. The second kappa shape index (κ2) is 8.15. The van der Waals surface area contributed by atoms with Crippen LogP contribution >= 0.6 is 0 Å². The molecule has 0 aliphatic heterocycles. The van der Waals surface area contributed by atoms with Crippen molar-refractivity contribution < 1.29 is 14.6 Å². The van der Waals surface area contributed by atoms with Crippen molar-refractivity contribution >= 4 is 6.03 Å². The van der Waals surface area contributed by atoms with Gasteiger partial charge in [-0.1, -0.05) is 24.3 Å². The highest BCUT2D eigenvalue weighted by Gasteiger charge is 2.34. The molecular weight excluding hydrogens is 280 g/mol. The van der Waals surface area contributed by atoms with E-state index in [1.54, 1.807) is 0 Å². The summed E-state index contributed by atoms with van der Waals surface area (Å²) in [6.45, 7) is 4.09. The first-order chi connectivity index (χ1) is 10.7. The summed E-state index contributed by atoms with van der Waals surface area (Å²) in [4.78, 5) is 11.8. The fourth-order valence-corrected chi connectivity index (χ4v) is 2.89. The number of benzene rings is 1. The molecule has 1 aromatic rings. The van der Waals surface area contributed by atoms with Gasteiger partial charge in [-0.2, -0.15) is 0 Å². The maximum atomic E-state index is 11.8. The topological polar surface area (TPSA) is 70.6 Å². The molecule has 0 bridgehead atoms. The number of rotatable bonds is 7. The Morgan fingerprint density at radius 2 is 2.18 bits per heavy atom. The zero-order chi connectivity index (χ0) is 15.8. The molecule has 3 N–H and O–H groups in total. The van der Waals surface area contributed by atoms with Crippen molar-refractivity contribution in [3.8, 4) is 0 Å². The maximum absolute atomic E-state index is 11.8. The molecule has 0 radical (unpaired) electrons. The monoisotopic (exact) mass is 306 g/mol. The molecule has 0 aromatic heterocycles. The van der Waals surface area contributed by atoms with Crippen LogP contribution in [0.1, 0.15) is 37.3 Å². The standard InChI is InChI=1S/C17H26N2O3/c1-2-22-12-6-11-18-16(20)19-13-17(21)10-5-8-14-7-3-4-9-15(14)17/h3-4,7,9,21H,2,5-6,8,10-13H2,1H3,(H2,18,19,20). The van der Waals surface area contributed by atoms with Crippen LogP contribution in [0.3, 0.4) is 0 Å². The summed E-state index contributed by atoms with van der Waals surface area (Å²) < 4.78 is 5.21. The van der Waals surface area contributed by atoms with Crippen molar-refractivity contribution in [2.24, 2.45) is 0 Å². The molecule has 0 fully saturated rings. The molecular formula is C17H26N2O3. The molecule has 22 heavy (non-hydrogen) atoms. The van der Waals surface area contributed by atoms with Crippen molar-refractivity contribution in [3.63, 3.8) is 0 Å². The number of aryl methyl sites for hydroxylation is 1. The Bertz CT molecular complexity index is 493. The second-order valence-corrected chi connectivity index (χ2v) is 5.70. The van der Waals surface area contributed by atoms with Gasteiger partial charge in [-0.25, -0.2) is 4.79 Å². The molecule has 0 saturated heterocycles. The van der Waals surface area contributed by atoms with Crippen LogP contribution in [0, 0.1) is 0 Å². The lowest BCUT2D eigenvalue weighted by Crippen LogP contribution is -2.46. The Hall–Kier alpha value is -1.59. The Labute approximate surface area is 132 Å². The molecule has 0 spiro atoms. The first kappa shape index (κ1) is 16.8. The SMILES string of the molecule is CCOCCCNC(=O)NCC1(O)CCCc2ccccc21. The zero-order valence-electron chi connectivity index (χ0n) is 13.2. The number of hydrogen-bond acceptors (Lipinski definition) is 3. The van der Waals surface area contributed by atoms with Crippen LogP contribution in [0.2, 0.25) is 0 Å². The minimum Gasteiger partial charge on any atom is -0.383 e. The minimum absolute atomic E-state index is 0.237. The van der Waals surface area contributed by atoms with Gasteiger partial charge in [0.15, 0.2) is 0 Å². The van der Waals surface area contributed by atoms with Crippen molar-refractivity contribution in [2.75, 3.05) is 26.3 Å². The van der Waals surface area contributed by atoms with E-state index < -0.39 is 5.60 Å². The molecule has 0 heterocycles. The lowest BCUT2D eigenvalue weighted by Gasteiger charge is -2.34. The van der Waals surface area contributed by atoms with E-state index in [9.17, 15) is 9.90 Å². The number of amides is 2. The van der Waals surface area contributed by atoms with Crippen molar-refractivity contribution in [1.82, 2.24) is 10.6 Å². The number of ether oxygens (including phenoxy) is 1. The van der Waals surface area contributed by atoms with Gasteiger partial charge in [-0.3, -0.25) is 0 Å². The van der Waals surface area contributed by atoms with Gasteiger partial charge in [0.2, 0.25) is 0 Å². The Morgan fingerprint density at radius 1 is 1.36 bits per heavy atom. The third-order valence-electron chi connectivity index (χ3n) is 4.05. The molecule has 5 nitrogen and oxygen atoms in total. The fourth-order valence-electron chi connectivity index (χ4n) is 2.89. The van der Waals surface area contributed by atoms with E-state index in [0.29, 0.717) is 26.2 Å². The molecule has 1 atom stereocenters. The van der Waals surface area contributed by atoms with E-state index in [2.05, 4.69) is 10.6 Å². The largest absolute Gasteiger partial charge is 0.383 e. The Balaban J connectivity index is 1.80. The van der Waals surface area contributed by atoms with Crippen LogP contribution in [0.15, 0.2) is 24.3 Å². The molecule has 1 aromatic carbocycles. The summed E-state index contributed by atoms with van der Waals surface area (Å²) in [7, 11) is 0. The lowest BCUT2D eigenvalue weighted by atomic mass is 9.79. The first-order valence-electron chi connectivity index (χ1n) is 8.06. The molecule has 2 amide bonds. The summed E-state index contributed by atoms with van der Waals surface area (Å²) in [6, 6.07) is 7.68. The van der Waals surface area contributed by atoms with Crippen LogP contribution in [-0.2, 0) is 16.8 Å². The summed E-state index contributed by atoms with van der Waals surface area (Å²) in [6.07, 6.45) is 3.39. The highest BCUT2D eigenvalue weighted by atomic mass is 16.5. The number of carbonyl (C=O) groups is 1. The average molecular weight is 306 g/mol. The Morgan fingerprint density at radius 3 is 3.00 bits per heavy atom. The number of urea groups is 1. The number of fused-ring (bicyclic) bond motifs is 1. The molecule has 1 aliphatic carbocycles. The minimum atomic E-state index is -0.961. The van der Waals surface area contributed by atoms with Gasteiger partial charge < -0.3 is 20.5 Å². The van der Waals surface area contributed by atoms with Crippen LogP contribution in [0.5, 0.6) is 0 Å². The third kappa shape index (κ3) is 4.45. The average Bonchev–Trinajstić information content (AvgIpc) is 2.53. The van der Waals surface area contributed by atoms with Crippen molar-refractivity contribution in [3.05, 3.63) is 35.4 Å². The predicted molar refractivity (Wildman–Crippen MR) is 85.8 cm³/mol. The van der Waals surface area contributed by atoms with E-state index in [-0.39, 0.29) is 12.6 Å². The van der Waals surface area contributed by atoms with Gasteiger partial charge in [-0.15, -0.1) is 0 Å². The molecule has 0 saturated carbocycles. The first-order valence-corrected chi connectivity index (χ1v) is 8.06. The number of carbonyl (C=O) groups excluding carboxylic acids is 1. The molecule has 1 aliphatic rings. The van der Waals surface area contributed by atoms with E-state index in [1.165, 1.54) is 5.56 Å². The predicted octanol–water partition coefficient (Wildman–Crippen LogP) is 1.94. The van der Waals surface area contributed by atoms with Crippen molar-refractivity contribution in [1.29, 1.82) is 0 Å². The van der Waals surface area contributed by atoms with Gasteiger partial charge >= 0.3 is 6.03 Å². The van der Waals surface area contributed by atoms with E-state index in [1.807, 2.05) is 31.2 Å². The smallest absolute Gasteiger partial charge is 0.314 e. The van der Waals surface area contributed by atoms with Gasteiger partial charge in [0.1, 0.15) is 5.60 Å². The fraction of sp³-hybridized carbons (Fsp3) is 0.588. The summed E-state index contributed by atoms with van der Waals surface area (Å²) >= 11 is 0. The molecule has 2 rings (SSSR count). The second-order valence-electron chi connectivity index (χ2n) is 5.70. The van der Waals surface area contributed by atoms with Crippen LogP contribution < -0.4 is 10.6 Å². The third-order valence-corrected chi connectivity index (χ3v) is 4.05. The van der Waals surface area contributed by atoms with E-state index in [4.69, 9.17) is 4.74 Å². The Kier molecular flexibility index (Phi) is 6.21. The number of hydrogen-bond donors (Lipinski definition) is 3. The van der Waals surface area contributed by atoms with Gasteiger partial charge in [0.25, 0.3) is 0 Å². The highest BCUT2D eigenvalue weighted by molar-refractivity contribution is 5.73. The number of aliphatic hydroxyl groups is 1. The van der Waals surface area contributed by atoms with Gasteiger partial charge in [0, 0.05) is 19.8 Å². The maximum Gasteiger partial charge on any atom is 0.314 e. The normalized spacial score (nSPS) is 20.3. The summed E-state index contributed by atoms with van der Waals surface area (Å²) in [5.41, 5.74) is 1.16. The van der Waals surface area contributed by atoms with E-state index in [0.717, 1.165) is 24.8 Å². The van der Waals surface area contributed by atoms with Crippen LogP contribution in [0.25, 0.3) is 0 Å². The van der Waals surface area contributed by atoms with Gasteiger partial charge in [0.05, 0.1) is 6.54 Å². The quantitative estimate of drug-likeness (QED) is 0.674. The van der Waals surface area contributed by atoms with Crippen molar-refractivity contribution in [2.45, 2.75) is 38.2 Å². The summed E-state index contributed by atoms with van der Waals surface area (Å²) in [5, 5.41) is 16.4. The summed E-state index contributed by atoms with van der Waals surface area (Å²) in [5.74, 6) is 0. The van der Waals surface area contributed by atoms with Crippen LogP contribution in [-0.4, -0.2) is 37.4 Å². The molecule has 122 valence electrons. The lowest BCUT2D eigenvalue weighted by molar-refractivity contribution is 0.0217. The molecule has 1 unspecified atom stereocenters. The van der Waals surface area contributed by atoms with Crippen LogP contribution in [0.4, 0.5) is 4.79 Å². The van der Waals surface area contributed by atoms with E-state index >= 15 is 0 Å². The zero-order valence-corrected chi connectivity index (χ0v) is 13.2. The molecule has 5 heteroatoms. The highest BCUT2D eigenvalue weighted by Crippen LogP contribution is 2.34. The van der Waals surface area contributed by atoms with Gasteiger partial charge in [-0.05, 0) is 43.7 Å².